The minimum absolute atomic E-state index is 0.531. The summed E-state index contributed by atoms with van der Waals surface area (Å²) in [6, 6.07) is 14.8. The average molecular weight is 231 g/mol. The number of ether oxygens (including phenoxy) is 3. The summed E-state index contributed by atoms with van der Waals surface area (Å²) in [5.74, 6) is 0.642. The van der Waals surface area contributed by atoms with Crippen LogP contribution in [0.25, 0.3) is 10.8 Å². The zero-order chi connectivity index (χ0) is 12.1. The Morgan fingerprint density at radius 3 is 2.82 bits per heavy atom. The first-order valence-corrected chi connectivity index (χ1v) is 5.55. The zero-order valence-corrected chi connectivity index (χ0v) is 9.97. The minimum atomic E-state index is -0.693. The molecule has 3 heteroatoms. The smallest absolute Gasteiger partial charge is 0.315 e. The molecule has 2 aromatic carbocycles. The molecule has 0 aliphatic rings. The van der Waals surface area contributed by atoms with Crippen LogP contribution in [0.4, 0.5) is 0 Å². The Morgan fingerprint density at radius 1 is 1.24 bits per heavy atom. The SMILES string of the molecule is CCOC(OC)Oc1[c]ccc2ccccc12. The number of hydrogen-bond donors (Lipinski definition) is 0. The van der Waals surface area contributed by atoms with Crippen molar-refractivity contribution in [1.82, 2.24) is 0 Å². The topological polar surface area (TPSA) is 27.7 Å². The lowest BCUT2D eigenvalue weighted by Crippen LogP contribution is -2.22. The molecule has 89 valence electrons. The summed E-state index contributed by atoms with van der Waals surface area (Å²) >= 11 is 0. The highest BCUT2D eigenvalue weighted by atomic mass is 16.8. The number of hydrogen-bond acceptors (Lipinski definition) is 3. The van der Waals surface area contributed by atoms with E-state index in [0.717, 1.165) is 10.8 Å². The van der Waals surface area contributed by atoms with E-state index >= 15 is 0 Å². The first-order valence-electron chi connectivity index (χ1n) is 5.55. The third-order valence-electron chi connectivity index (χ3n) is 2.39. The molecule has 0 aromatic heterocycles. The van der Waals surface area contributed by atoms with Crippen molar-refractivity contribution in [3.8, 4) is 5.75 Å². The Balaban J connectivity index is 2.28. The van der Waals surface area contributed by atoms with Crippen LogP contribution in [-0.2, 0) is 9.47 Å². The minimum Gasteiger partial charge on any atom is -0.440 e. The van der Waals surface area contributed by atoms with Crippen LogP contribution in [0.3, 0.4) is 0 Å². The summed E-state index contributed by atoms with van der Waals surface area (Å²) in [7, 11) is 1.55. The van der Waals surface area contributed by atoms with Crippen LogP contribution in [0, 0.1) is 6.07 Å². The van der Waals surface area contributed by atoms with Gasteiger partial charge in [-0.1, -0.05) is 30.3 Å². The molecular formula is C14H15O3. The zero-order valence-electron chi connectivity index (χ0n) is 9.97. The molecule has 0 bridgehead atoms. The largest absolute Gasteiger partial charge is 0.440 e. The van der Waals surface area contributed by atoms with Crippen molar-refractivity contribution < 1.29 is 14.2 Å². The molecule has 0 N–H and O–H groups in total. The highest BCUT2D eigenvalue weighted by molar-refractivity contribution is 5.87. The van der Waals surface area contributed by atoms with Crippen molar-refractivity contribution in [1.29, 1.82) is 0 Å². The first-order chi connectivity index (χ1) is 8.35. The number of fused-ring (bicyclic) bond motifs is 1. The molecule has 0 heterocycles. The summed E-state index contributed by atoms with van der Waals surface area (Å²) in [5, 5.41) is 2.10. The predicted molar refractivity (Wildman–Crippen MR) is 65.8 cm³/mol. The van der Waals surface area contributed by atoms with E-state index in [4.69, 9.17) is 14.2 Å². The maximum atomic E-state index is 5.62. The van der Waals surface area contributed by atoms with Crippen molar-refractivity contribution >= 4 is 10.8 Å². The van der Waals surface area contributed by atoms with Crippen LogP contribution in [0.15, 0.2) is 36.4 Å². The van der Waals surface area contributed by atoms with Gasteiger partial charge in [-0.05, 0) is 18.4 Å². The van der Waals surface area contributed by atoms with Gasteiger partial charge in [0.25, 0.3) is 0 Å². The lowest BCUT2D eigenvalue weighted by atomic mass is 10.1. The molecule has 2 aromatic rings. The maximum Gasteiger partial charge on any atom is 0.315 e. The average Bonchev–Trinajstić information content (AvgIpc) is 2.38. The van der Waals surface area contributed by atoms with Crippen molar-refractivity contribution in [2.24, 2.45) is 0 Å². The van der Waals surface area contributed by atoms with Crippen LogP contribution < -0.4 is 4.74 Å². The van der Waals surface area contributed by atoms with E-state index in [2.05, 4.69) is 6.07 Å². The van der Waals surface area contributed by atoms with Gasteiger partial charge in [0, 0.05) is 18.6 Å². The second-order valence-electron chi connectivity index (χ2n) is 3.49. The highest BCUT2D eigenvalue weighted by Crippen LogP contribution is 2.25. The van der Waals surface area contributed by atoms with Gasteiger partial charge in [0.05, 0.1) is 6.61 Å². The summed E-state index contributed by atoms with van der Waals surface area (Å²) in [6.07, 6.45) is 0. The third-order valence-corrected chi connectivity index (χ3v) is 2.39. The molecule has 0 saturated carbocycles. The van der Waals surface area contributed by atoms with Crippen LogP contribution in [-0.4, -0.2) is 20.2 Å². The fourth-order valence-corrected chi connectivity index (χ4v) is 1.61. The first kappa shape index (κ1) is 11.9. The molecule has 0 aliphatic carbocycles. The third kappa shape index (κ3) is 2.75. The van der Waals surface area contributed by atoms with Crippen LogP contribution >= 0.6 is 0 Å². The van der Waals surface area contributed by atoms with Gasteiger partial charge in [-0.15, -0.1) is 0 Å². The Bertz CT molecular complexity index is 476. The Morgan fingerprint density at radius 2 is 2.06 bits per heavy atom. The van der Waals surface area contributed by atoms with Crippen LogP contribution in [0.2, 0.25) is 0 Å². The molecule has 1 unspecified atom stereocenters. The Hall–Kier alpha value is -1.58. The quantitative estimate of drug-likeness (QED) is 0.740. The van der Waals surface area contributed by atoms with Gasteiger partial charge < -0.3 is 14.2 Å². The molecule has 0 amide bonds. The molecule has 1 atom stereocenters. The predicted octanol–water partition coefficient (Wildman–Crippen LogP) is 2.99. The van der Waals surface area contributed by atoms with E-state index in [0.29, 0.717) is 12.4 Å². The van der Waals surface area contributed by atoms with E-state index in [9.17, 15) is 0 Å². The fourth-order valence-electron chi connectivity index (χ4n) is 1.61. The van der Waals surface area contributed by atoms with E-state index in [-0.39, 0.29) is 0 Å². The molecule has 0 fully saturated rings. The Labute approximate surface area is 101 Å². The summed E-state index contributed by atoms with van der Waals surface area (Å²) in [5.41, 5.74) is 0. The molecule has 0 spiro atoms. The fraction of sp³-hybridized carbons (Fsp3) is 0.286. The highest BCUT2D eigenvalue weighted by Gasteiger charge is 2.10. The van der Waals surface area contributed by atoms with Crippen LogP contribution in [0.5, 0.6) is 5.75 Å². The van der Waals surface area contributed by atoms with E-state index in [1.807, 2.05) is 43.3 Å². The van der Waals surface area contributed by atoms with Crippen molar-refractivity contribution in [2.45, 2.75) is 13.4 Å². The van der Waals surface area contributed by atoms with Gasteiger partial charge in [0.15, 0.2) is 0 Å². The summed E-state index contributed by atoms with van der Waals surface area (Å²) in [4.78, 5) is 0. The van der Waals surface area contributed by atoms with Gasteiger partial charge in [-0.2, -0.15) is 0 Å². The monoisotopic (exact) mass is 231 g/mol. The standard InChI is InChI=1S/C14H15O3/c1-3-16-14(15-2)17-13-10-6-8-11-7-4-5-9-12(11)13/h4-9,14H,3H2,1-2H3. The molecule has 2 rings (SSSR count). The van der Waals surface area contributed by atoms with Gasteiger partial charge >= 0.3 is 6.48 Å². The number of benzene rings is 2. The maximum absolute atomic E-state index is 5.62. The molecule has 1 radical (unpaired) electrons. The second-order valence-corrected chi connectivity index (χ2v) is 3.49. The van der Waals surface area contributed by atoms with E-state index < -0.39 is 6.48 Å². The van der Waals surface area contributed by atoms with Gasteiger partial charge in [-0.25, -0.2) is 0 Å². The Kier molecular flexibility index (Phi) is 3.96. The number of rotatable bonds is 5. The summed E-state index contributed by atoms with van der Waals surface area (Å²) < 4.78 is 16.0. The molecule has 0 aliphatic heterocycles. The molecule has 3 nitrogen and oxygen atoms in total. The van der Waals surface area contributed by atoms with Gasteiger partial charge in [0.2, 0.25) is 0 Å². The lowest BCUT2D eigenvalue weighted by molar-refractivity contribution is -0.230. The molecule has 17 heavy (non-hydrogen) atoms. The van der Waals surface area contributed by atoms with Crippen molar-refractivity contribution in [3.05, 3.63) is 42.5 Å². The van der Waals surface area contributed by atoms with Crippen molar-refractivity contribution in [3.63, 3.8) is 0 Å². The van der Waals surface area contributed by atoms with Crippen molar-refractivity contribution in [2.75, 3.05) is 13.7 Å². The number of methoxy groups -OCH3 is 1. The second kappa shape index (κ2) is 5.66. The normalized spacial score (nSPS) is 12.6. The molecular weight excluding hydrogens is 216 g/mol. The van der Waals surface area contributed by atoms with E-state index in [1.54, 1.807) is 7.11 Å². The van der Waals surface area contributed by atoms with Crippen LogP contribution in [0.1, 0.15) is 6.92 Å². The molecule has 0 saturated heterocycles. The van der Waals surface area contributed by atoms with Gasteiger partial charge in [0.1, 0.15) is 5.75 Å². The van der Waals surface area contributed by atoms with Gasteiger partial charge in [-0.3, -0.25) is 0 Å². The lowest BCUT2D eigenvalue weighted by Gasteiger charge is -2.17. The summed E-state index contributed by atoms with van der Waals surface area (Å²) in [6.45, 7) is 1.73. The van der Waals surface area contributed by atoms with E-state index in [1.165, 1.54) is 0 Å².